The van der Waals surface area contributed by atoms with Gasteiger partial charge in [0.25, 0.3) is 0 Å². The number of hydrogen-bond acceptors (Lipinski definition) is 10. The van der Waals surface area contributed by atoms with Gasteiger partial charge in [0.15, 0.2) is 10.3 Å². The van der Waals surface area contributed by atoms with Gasteiger partial charge in [-0.2, -0.15) is 5.12 Å². The van der Waals surface area contributed by atoms with Gasteiger partial charge in [0, 0.05) is 21.7 Å². The van der Waals surface area contributed by atoms with Gasteiger partial charge in [-0.25, -0.2) is 0 Å². The fraction of sp³-hybridized carbons (Fsp3) is 0.250. The minimum atomic E-state index is 0.0830. The van der Waals surface area contributed by atoms with E-state index in [4.69, 9.17) is 19.7 Å². The monoisotopic (exact) mass is 638 g/mol. The Morgan fingerprint density at radius 1 is 0.718 bits per heavy atom. The van der Waals surface area contributed by atoms with Gasteiger partial charge in [-0.1, -0.05) is 106 Å². The highest BCUT2D eigenvalue weighted by molar-refractivity contribution is 9.10. The molecule has 11 heteroatoms. The Balaban J connectivity index is 1.22. The topological polar surface area (TPSA) is 73.6 Å². The first-order chi connectivity index (χ1) is 19.1. The molecule has 0 fully saturated rings. The van der Waals surface area contributed by atoms with Crippen LogP contribution in [0.25, 0.3) is 0 Å². The lowest BCUT2D eigenvalue weighted by atomic mass is 10.1. The molecular weight excluding hydrogens is 612 g/mol. The van der Waals surface area contributed by atoms with Crippen LogP contribution in [0, 0.1) is 0 Å². The van der Waals surface area contributed by atoms with E-state index in [1.807, 2.05) is 29.4 Å². The standard InChI is InChI=1S/C28H27BrN6OS3/c1-36-22-12-10-19(11-13-22)23-15-37-26(30-23)33-35(28-32-24(17-39-28)18-6-3-2-4-7-18)34-27-31-25(16-38-27)20-8-5-9-21(29)14-20/h2-14,23-25H,15-17H2,1H3,(H,30,33)(H,31,34). The first-order valence-electron chi connectivity index (χ1n) is 12.5. The molecule has 3 aromatic rings. The van der Waals surface area contributed by atoms with Gasteiger partial charge in [-0.3, -0.25) is 25.8 Å². The van der Waals surface area contributed by atoms with E-state index in [0.29, 0.717) is 0 Å². The molecule has 3 aliphatic rings. The van der Waals surface area contributed by atoms with Gasteiger partial charge >= 0.3 is 0 Å². The summed E-state index contributed by atoms with van der Waals surface area (Å²) in [6, 6.07) is 27.2. The second-order valence-electron chi connectivity index (χ2n) is 9.06. The minimum Gasteiger partial charge on any atom is -0.497 e. The number of halogens is 1. The molecule has 0 bridgehead atoms. The van der Waals surface area contributed by atoms with Crippen molar-refractivity contribution in [2.24, 2.45) is 15.0 Å². The molecule has 0 saturated carbocycles. The van der Waals surface area contributed by atoms with Crippen LogP contribution in [-0.4, -0.2) is 45.0 Å². The normalized spacial score (nSPS) is 22.2. The maximum absolute atomic E-state index is 5.31. The summed E-state index contributed by atoms with van der Waals surface area (Å²) in [5, 5.41) is 4.47. The van der Waals surface area contributed by atoms with Crippen LogP contribution in [0.15, 0.2) is 98.3 Å². The number of aliphatic imine (C=N–C) groups is 3. The fourth-order valence-electron chi connectivity index (χ4n) is 4.40. The zero-order valence-electron chi connectivity index (χ0n) is 21.2. The number of amidine groups is 3. The summed E-state index contributed by atoms with van der Waals surface area (Å²) < 4.78 is 6.37. The van der Waals surface area contributed by atoms with E-state index in [2.05, 4.69) is 81.4 Å². The van der Waals surface area contributed by atoms with Crippen LogP contribution in [0.5, 0.6) is 5.75 Å². The zero-order valence-corrected chi connectivity index (χ0v) is 25.2. The van der Waals surface area contributed by atoms with E-state index >= 15 is 0 Å². The van der Waals surface area contributed by atoms with E-state index < -0.39 is 0 Å². The summed E-state index contributed by atoms with van der Waals surface area (Å²) in [6.07, 6.45) is 0. The Morgan fingerprint density at radius 2 is 1.31 bits per heavy atom. The lowest BCUT2D eigenvalue weighted by molar-refractivity contribution is 0.344. The van der Waals surface area contributed by atoms with E-state index in [1.54, 1.807) is 42.4 Å². The predicted molar refractivity (Wildman–Crippen MR) is 170 cm³/mol. The minimum absolute atomic E-state index is 0.0830. The number of hydrogen-bond donors (Lipinski definition) is 2. The van der Waals surface area contributed by atoms with Gasteiger partial charge in [-0.15, -0.1) is 0 Å². The molecule has 0 spiro atoms. The molecular formula is C28H27BrN6OS3. The summed E-state index contributed by atoms with van der Waals surface area (Å²) >= 11 is 8.73. The van der Waals surface area contributed by atoms with Crippen molar-refractivity contribution in [3.05, 3.63) is 100 Å². The zero-order chi connectivity index (χ0) is 26.6. The van der Waals surface area contributed by atoms with Crippen LogP contribution in [0.1, 0.15) is 34.8 Å². The SMILES string of the molecule is COc1ccc(C2CSC(NN(NC3=NC(c4cccc(Br)c4)CS3)C3=NC(c4ccccc4)CS3)=N2)cc1. The summed E-state index contributed by atoms with van der Waals surface area (Å²) in [4.78, 5) is 15.0. The van der Waals surface area contributed by atoms with Gasteiger partial charge in [-0.05, 0) is 41.0 Å². The maximum Gasteiger partial charge on any atom is 0.200 e. The highest BCUT2D eigenvalue weighted by atomic mass is 79.9. The number of ether oxygens (including phenoxy) is 1. The van der Waals surface area contributed by atoms with E-state index in [1.165, 1.54) is 16.7 Å². The molecule has 3 unspecified atom stereocenters. The summed E-state index contributed by atoms with van der Waals surface area (Å²) in [5.74, 6) is 3.49. The van der Waals surface area contributed by atoms with Crippen LogP contribution in [0.3, 0.4) is 0 Å². The molecule has 0 aromatic heterocycles. The molecule has 3 atom stereocenters. The van der Waals surface area contributed by atoms with Gasteiger partial charge < -0.3 is 4.74 Å². The van der Waals surface area contributed by atoms with Crippen molar-refractivity contribution >= 4 is 66.7 Å². The fourth-order valence-corrected chi connectivity index (χ4v) is 7.69. The molecule has 3 heterocycles. The summed E-state index contributed by atoms with van der Waals surface area (Å²) in [6.45, 7) is 0. The Hall–Kier alpha value is -2.60. The van der Waals surface area contributed by atoms with Crippen LogP contribution in [0.2, 0.25) is 0 Å². The molecule has 0 amide bonds. The second-order valence-corrected chi connectivity index (χ2v) is 13.0. The van der Waals surface area contributed by atoms with Crippen molar-refractivity contribution in [2.75, 3.05) is 24.4 Å². The first-order valence-corrected chi connectivity index (χ1v) is 16.3. The number of thioether (sulfide) groups is 3. The van der Waals surface area contributed by atoms with Crippen molar-refractivity contribution in [3.8, 4) is 5.75 Å². The quantitative estimate of drug-likeness (QED) is 0.312. The molecule has 3 aliphatic heterocycles. The Morgan fingerprint density at radius 3 is 1.97 bits per heavy atom. The average molecular weight is 640 g/mol. The van der Waals surface area contributed by atoms with Crippen molar-refractivity contribution < 1.29 is 4.74 Å². The maximum atomic E-state index is 5.31. The number of nitrogens with one attached hydrogen (secondary N) is 2. The van der Waals surface area contributed by atoms with Gasteiger partial charge in [0.05, 0.1) is 25.2 Å². The molecule has 0 radical (unpaired) electrons. The van der Waals surface area contributed by atoms with E-state index in [-0.39, 0.29) is 18.1 Å². The first kappa shape index (κ1) is 26.6. The Labute approximate surface area is 249 Å². The van der Waals surface area contributed by atoms with Crippen molar-refractivity contribution in [3.63, 3.8) is 0 Å². The molecule has 2 N–H and O–H groups in total. The summed E-state index contributed by atoms with van der Waals surface area (Å²) in [7, 11) is 1.68. The Bertz CT molecular complexity index is 1400. The van der Waals surface area contributed by atoms with Gasteiger partial charge in [0.2, 0.25) is 5.17 Å². The predicted octanol–water partition coefficient (Wildman–Crippen LogP) is 6.60. The lowest BCUT2D eigenvalue weighted by Gasteiger charge is -2.25. The number of benzene rings is 3. The third-order valence-electron chi connectivity index (χ3n) is 6.46. The highest BCUT2D eigenvalue weighted by Crippen LogP contribution is 2.34. The number of nitrogens with zero attached hydrogens (tertiary/aromatic N) is 4. The number of rotatable bonds is 4. The molecule has 7 nitrogen and oxygen atoms in total. The lowest BCUT2D eigenvalue weighted by Crippen LogP contribution is -2.53. The van der Waals surface area contributed by atoms with Crippen LogP contribution in [0.4, 0.5) is 0 Å². The molecule has 0 aliphatic carbocycles. The van der Waals surface area contributed by atoms with Crippen molar-refractivity contribution in [1.82, 2.24) is 16.0 Å². The van der Waals surface area contributed by atoms with Crippen LogP contribution in [-0.2, 0) is 0 Å². The Kier molecular flexibility index (Phi) is 8.38. The van der Waals surface area contributed by atoms with Gasteiger partial charge in [0.1, 0.15) is 5.75 Å². The molecule has 6 rings (SSSR count). The average Bonchev–Trinajstić information content (AvgIpc) is 3.75. The third kappa shape index (κ3) is 6.42. The largest absolute Gasteiger partial charge is 0.497 e. The highest BCUT2D eigenvalue weighted by Gasteiger charge is 2.30. The number of hydrazine groups is 2. The molecule has 200 valence electrons. The molecule has 0 saturated heterocycles. The smallest absolute Gasteiger partial charge is 0.200 e. The van der Waals surface area contributed by atoms with Crippen molar-refractivity contribution in [2.45, 2.75) is 18.1 Å². The van der Waals surface area contributed by atoms with Crippen LogP contribution >= 0.6 is 51.2 Å². The van der Waals surface area contributed by atoms with E-state index in [0.717, 1.165) is 43.0 Å². The van der Waals surface area contributed by atoms with Crippen molar-refractivity contribution in [1.29, 1.82) is 0 Å². The van der Waals surface area contributed by atoms with E-state index in [9.17, 15) is 0 Å². The van der Waals surface area contributed by atoms with Crippen LogP contribution < -0.4 is 15.6 Å². The number of methoxy groups -OCH3 is 1. The second kappa shape index (κ2) is 12.3. The molecule has 3 aromatic carbocycles. The molecule has 39 heavy (non-hydrogen) atoms. The third-order valence-corrected chi connectivity index (χ3v) is 9.89. The summed E-state index contributed by atoms with van der Waals surface area (Å²) in [5.41, 5.74) is 10.6.